The summed E-state index contributed by atoms with van der Waals surface area (Å²) in [5.74, 6) is 0. The van der Waals surface area contributed by atoms with Crippen LogP contribution in [0.1, 0.15) is 0 Å². The van der Waals surface area contributed by atoms with Crippen molar-refractivity contribution in [1.82, 2.24) is 0 Å². The molecule has 0 heteroatoms. The lowest BCUT2D eigenvalue weighted by Gasteiger charge is -2.22. The molecule has 268 valence electrons. The van der Waals surface area contributed by atoms with Crippen molar-refractivity contribution in [2.24, 2.45) is 0 Å². The molecule has 0 bridgehead atoms. The van der Waals surface area contributed by atoms with Gasteiger partial charge in [-0.3, -0.25) is 0 Å². The third-order valence-electron chi connectivity index (χ3n) is 12.4. The van der Waals surface area contributed by atoms with Crippen LogP contribution in [0, 0.1) is 0 Å². The van der Waals surface area contributed by atoms with Gasteiger partial charge < -0.3 is 0 Å². The molecular weight excluding hydrogens is 697 g/mol. The molecular formula is C58H36. The highest BCUT2D eigenvalue weighted by Crippen LogP contribution is 2.58. The predicted molar refractivity (Wildman–Crippen MR) is 248 cm³/mol. The van der Waals surface area contributed by atoms with E-state index in [1.165, 1.54) is 121 Å². The van der Waals surface area contributed by atoms with Gasteiger partial charge in [-0.25, -0.2) is 0 Å². The van der Waals surface area contributed by atoms with Gasteiger partial charge in [0.15, 0.2) is 0 Å². The fraction of sp³-hybridized carbons (Fsp3) is 0. The summed E-state index contributed by atoms with van der Waals surface area (Å²) in [6.07, 6.45) is 0. The van der Waals surface area contributed by atoms with Crippen LogP contribution in [-0.2, 0) is 0 Å². The molecule has 0 unspecified atom stereocenters. The van der Waals surface area contributed by atoms with E-state index in [9.17, 15) is 0 Å². The Labute approximate surface area is 337 Å². The SMILES string of the molecule is c1ccc(-c2ccccc2-c2c3ccccc3c(-c3ccc4c(-c5ccccc5)c5c(c(-c6ccccc6)c4c3)-c3cccc4cccc-5c34)c3ccccc23)cc1. The third-order valence-corrected chi connectivity index (χ3v) is 12.4. The van der Waals surface area contributed by atoms with E-state index in [1.807, 2.05) is 0 Å². The fourth-order valence-electron chi connectivity index (χ4n) is 10.0. The molecule has 0 heterocycles. The summed E-state index contributed by atoms with van der Waals surface area (Å²) < 4.78 is 0. The molecule has 0 nitrogen and oxygen atoms in total. The first-order valence-corrected chi connectivity index (χ1v) is 20.2. The zero-order valence-corrected chi connectivity index (χ0v) is 31.8. The van der Waals surface area contributed by atoms with Gasteiger partial charge in [0.2, 0.25) is 0 Å². The maximum Gasteiger partial charge on any atom is -0.000741 e. The van der Waals surface area contributed by atoms with Gasteiger partial charge in [-0.2, -0.15) is 0 Å². The van der Waals surface area contributed by atoms with Crippen LogP contribution in [-0.4, -0.2) is 0 Å². The summed E-state index contributed by atoms with van der Waals surface area (Å²) in [5.41, 5.74) is 17.8. The van der Waals surface area contributed by atoms with E-state index < -0.39 is 0 Å². The minimum Gasteiger partial charge on any atom is -0.0622 e. The van der Waals surface area contributed by atoms with Crippen LogP contribution in [0.25, 0.3) is 121 Å². The van der Waals surface area contributed by atoms with Gasteiger partial charge in [0.1, 0.15) is 0 Å². The maximum atomic E-state index is 2.50. The molecule has 0 atom stereocenters. The van der Waals surface area contributed by atoms with Crippen LogP contribution in [0.3, 0.4) is 0 Å². The zero-order chi connectivity index (χ0) is 38.2. The smallest absolute Gasteiger partial charge is 0.000741 e. The number of benzene rings is 11. The van der Waals surface area contributed by atoms with Crippen molar-refractivity contribution in [2.45, 2.75) is 0 Å². The van der Waals surface area contributed by atoms with E-state index in [0.29, 0.717) is 0 Å². The van der Waals surface area contributed by atoms with Crippen molar-refractivity contribution in [3.63, 3.8) is 0 Å². The van der Waals surface area contributed by atoms with Gasteiger partial charge in [0.05, 0.1) is 0 Å². The fourth-order valence-corrected chi connectivity index (χ4v) is 10.0. The Morgan fingerprint density at radius 1 is 0.190 bits per heavy atom. The molecule has 58 heavy (non-hydrogen) atoms. The third kappa shape index (κ3) is 4.82. The van der Waals surface area contributed by atoms with Gasteiger partial charge in [0.25, 0.3) is 0 Å². The number of hydrogen-bond donors (Lipinski definition) is 0. The predicted octanol–water partition coefficient (Wildman–Crippen LogP) is 16.3. The molecule has 0 spiro atoms. The molecule has 0 radical (unpaired) electrons. The first-order chi connectivity index (χ1) is 28.8. The van der Waals surface area contributed by atoms with Crippen LogP contribution in [0.2, 0.25) is 0 Å². The van der Waals surface area contributed by atoms with Gasteiger partial charge in [-0.15, -0.1) is 0 Å². The van der Waals surface area contributed by atoms with E-state index in [1.54, 1.807) is 0 Å². The number of hydrogen-bond acceptors (Lipinski definition) is 0. The molecule has 1 aliphatic rings. The van der Waals surface area contributed by atoms with E-state index >= 15 is 0 Å². The minimum absolute atomic E-state index is 1.22. The number of fused-ring (bicyclic) bond motifs is 6. The van der Waals surface area contributed by atoms with Gasteiger partial charge in [0, 0.05) is 0 Å². The van der Waals surface area contributed by atoms with E-state index in [-0.39, 0.29) is 0 Å². The van der Waals surface area contributed by atoms with Crippen LogP contribution < -0.4 is 0 Å². The van der Waals surface area contributed by atoms with E-state index in [0.717, 1.165) is 0 Å². The molecule has 1 aliphatic carbocycles. The van der Waals surface area contributed by atoms with Gasteiger partial charge in [-0.05, 0) is 127 Å². The number of rotatable bonds is 5. The average Bonchev–Trinajstić information content (AvgIpc) is 3.63. The molecule has 12 rings (SSSR count). The summed E-state index contributed by atoms with van der Waals surface area (Å²) in [6.45, 7) is 0. The standard InChI is InChI=1S/C58H36/c1-4-18-37(19-5-1)42-26-10-11-27-43(42)56-46-30-14-12-28-44(46)53(45-29-13-15-31-47(45)56)41-34-35-48-51(36-41)55(40-22-8-3-9-23-40)58-50-33-17-25-38-24-16-32-49(52(38)50)57(58)54(48)39-20-6-2-7-21-39/h1-36H. The monoisotopic (exact) mass is 732 g/mol. The first kappa shape index (κ1) is 32.7. The van der Waals surface area contributed by atoms with Crippen LogP contribution >= 0.6 is 0 Å². The largest absolute Gasteiger partial charge is 0.0622 e. The second-order valence-electron chi connectivity index (χ2n) is 15.5. The zero-order valence-electron chi connectivity index (χ0n) is 31.8. The Morgan fingerprint density at radius 3 is 1.16 bits per heavy atom. The Bertz CT molecular complexity index is 3350. The topological polar surface area (TPSA) is 0 Å². The van der Waals surface area contributed by atoms with E-state index in [4.69, 9.17) is 0 Å². The highest BCUT2D eigenvalue weighted by Gasteiger charge is 2.31. The molecule has 0 amide bonds. The molecule has 0 aliphatic heterocycles. The Balaban J connectivity index is 1.22. The molecule has 11 aromatic carbocycles. The molecule has 0 aromatic heterocycles. The van der Waals surface area contributed by atoms with Crippen molar-refractivity contribution in [3.05, 3.63) is 218 Å². The van der Waals surface area contributed by atoms with Crippen LogP contribution in [0.4, 0.5) is 0 Å². The second-order valence-corrected chi connectivity index (χ2v) is 15.5. The summed E-state index contributed by atoms with van der Waals surface area (Å²) in [4.78, 5) is 0. The highest BCUT2D eigenvalue weighted by molar-refractivity contribution is 6.29. The normalized spacial score (nSPS) is 11.8. The molecule has 0 saturated heterocycles. The summed E-state index contributed by atoms with van der Waals surface area (Å²) in [5, 5.41) is 10.2. The van der Waals surface area contributed by atoms with Crippen LogP contribution in [0.15, 0.2) is 218 Å². The van der Waals surface area contributed by atoms with Gasteiger partial charge in [-0.1, -0.05) is 212 Å². The second kappa shape index (κ2) is 13.0. The van der Waals surface area contributed by atoms with Crippen molar-refractivity contribution in [3.8, 4) is 77.9 Å². The van der Waals surface area contributed by atoms with E-state index in [2.05, 4.69) is 218 Å². The maximum absolute atomic E-state index is 2.50. The lowest BCUT2D eigenvalue weighted by Crippen LogP contribution is -1.95. The summed E-state index contributed by atoms with van der Waals surface area (Å²) in [6, 6.07) is 80.7. The summed E-state index contributed by atoms with van der Waals surface area (Å²) >= 11 is 0. The molecule has 0 N–H and O–H groups in total. The molecule has 11 aromatic rings. The lowest BCUT2D eigenvalue weighted by atomic mass is 9.80. The Kier molecular flexibility index (Phi) is 7.33. The van der Waals surface area contributed by atoms with Gasteiger partial charge >= 0.3 is 0 Å². The first-order valence-electron chi connectivity index (χ1n) is 20.2. The lowest BCUT2D eigenvalue weighted by molar-refractivity contribution is 1.60. The van der Waals surface area contributed by atoms with Crippen molar-refractivity contribution in [1.29, 1.82) is 0 Å². The minimum atomic E-state index is 1.22. The quantitative estimate of drug-likeness (QED) is 0.155. The Hall–Kier alpha value is -7.54. The average molecular weight is 733 g/mol. The molecule has 0 saturated carbocycles. The van der Waals surface area contributed by atoms with Crippen molar-refractivity contribution >= 4 is 43.1 Å². The van der Waals surface area contributed by atoms with Crippen molar-refractivity contribution in [2.75, 3.05) is 0 Å². The molecule has 0 fully saturated rings. The highest BCUT2D eigenvalue weighted by atomic mass is 14.3. The Morgan fingerprint density at radius 2 is 0.603 bits per heavy atom. The van der Waals surface area contributed by atoms with Crippen molar-refractivity contribution < 1.29 is 0 Å². The summed E-state index contributed by atoms with van der Waals surface area (Å²) in [7, 11) is 0. The van der Waals surface area contributed by atoms with Crippen LogP contribution in [0.5, 0.6) is 0 Å².